The van der Waals surface area contributed by atoms with E-state index in [2.05, 4.69) is 20.6 Å². The molecule has 3 aromatic rings. The molecule has 0 aliphatic carbocycles. The molecular formula is C18H21N3O2S. The number of hydrogen-bond acceptors (Lipinski definition) is 5. The second kappa shape index (κ2) is 8.17. The molecule has 0 fully saturated rings. The highest BCUT2D eigenvalue weighted by Gasteiger charge is 2.12. The fourth-order valence-electron chi connectivity index (χ4n) is 2.51. The van der Waals surface area contributed by atoms with Gasteiger partial charge >= 0.3 is 0 Å². The van der Waals surface area contributed by atoms with Gasteiger partial charge in [-0.3, -0.25) is 4.57 Å². The number of benzene rings is 1. The maximum atomic E-state index is 5.84. The maximum Gasteiger partial charge on any atom is 0.174 e. The zero-order chi connectivity index (χ0) is 16.8. The first-order valence-electron chi connectivity index (χ1n) is 7.93. The quantitative estimate of drug-likeness (QED) is 0.458. The molecule has 0 radical (unpaired) electrons. The molecule has 0 saturated carbocycles. The predicted molar refractivity (Wildman–Crippen MR) is 97.3 cm³/mol. The number of imidazole rings is 1. The van der Waals surface area contributed by atoms with Crippen molar-refractivity contribution in [2.45, 2.75) is 18.0 Å². The van der Waals surface area contributed by atoms with Gasteiger partial charge in [-0.15, -0.1) is 0 Å². The Bertz CT molecular complexity index is 804. The number of thioether (sulfide) groups is 1. The number of nitrogens with zero attached hydrogens (tertiary/aromatic N) is 3. The smallest absolute Gasteiger partial charge is 0.174 e. The van der Waals surface area contributed by atoms with Crippen LogP contribution in [0.1, 0.15) is 12.8 Å². The van der Waals surface area contributed by atoms with Crippen LogP contribution < -0.4 is 4.74 Å². The molecule has 0 atom stereocenters. The number of para-hydroxylation sites is 2. The van der Waals surface area contributed by atoms with Gasteiger partial charge in [-0.1, -0.05) is 23.9 Å². The van der Waals surface area contributed by atoms with Crippen molar-refractivity contribution in [3.05, 3.63) is 42.6 Å². The van der Waals surface area contributed by atoms with Crippen LogP contribution in [0.2, 0.25) is 0 Å². The highest BCUT2D eigenvalue weighted by Crippen LogP contribution is 2.27. The molecule has 2 heterocycles. The van der Waals surface area contributed by atoms with Gasteiger partial charge in [-0.2, -0.15) is 0 Å². The molecule has 2 aromatic heterocycles. The van der Waals surface area contributed by atoms with Crippen molar-refractivity contribution in [3.8, 4) is 11.6 Å². The molecule has 5 nitrogen and oxygen atoms in total. The van der Waals surface area contributed by atoms with Crippen molar-refractivity contribution >= 4 is 22.8 Å². The first-order valence-corrected chi connectivity index (χ1v) is 9.15. The number of methoxy groups -OCH3 is 1. The summed E-state index contributed by atoms with van der Waals surface area (Å²) in [4.78, 5) is 9.17. The van der Waals surface area contributed by atoms with Gasteiger partial charge in [0.05, 0.1) is 17.6 Å². The van der Waals surface area contributed by atoms with E-state index in [0.717, 1.165) is 47.2 Å². The summed E-state index contributed by atoms with van der Waals surface area (Å²) in [5.41, 5.74) is 2.01. The molecule has 0 N–H and O–H groups in total. The minimum Gasteiger partial charge on any atom is -0.493 e. The predicted octanol–water partition coefficient (Wildman–Crippen LogP) is 3.95. The molecule has 126 valence electrons. The molecule has 24 heavy (non-hydrogen) atoms. The summed E-state index contributed by atoms with van der Waals surface area (Å²) in [6.45, 7) is 1.44. The van der Waals surface area contributed by atoms with Crippen molar-refractivity contribution < 1.29 is 9.47 Å². The van der Waals surface area contributed by atoms with E-state index in [0.29, 0.717) is 6.61 Å². The van der Waals surface area contributed by atoms with E-state index >= 15 is 0 Å². The van der Waals surface area contributed by atoms with Crippen molar-refractivity contribution in [2.75, 3.05) is 26.6 Å². The Kier molecular flexibility index (Phi) is 5.72. The Balaban J connectivity index is 1.84. The number of ether oxygens (including phenoxy) is 2. The molecule has 0 aliphatic rings. The summed E-state index contributed by atoms with van der Waals surface area (Å²) >= 11 is 1.61. The van der Waals surface area contributed by atoms with Crippen LogP contribution >= 0.6 is 11.8 Å². The zero-order valence-corrected chi connectivity index (χ0v) is 14.8. The maximum absolute atomic E-state index is 5.84. The van der Waals surface area contributed by atoms with Crippen LogP contribution in [0.25, 0.3) is 16.9 Å². The van der Waals surface area contributed by atoms with Gasteiger partial charge < -0.3 is 9.47 Å². The zero-order valence-electron chi connectivity index (χ0n) is 13.9. The van der Waals surface area contributed by atoms with Gasteiger partial charge in [0.2, 0.25) is 0 Å². The molecule has 0 aliphatic heterocycles. The van der Waals surface area contributed by atoms with Crippen molar-refractivity contribution in [3.63, 3.8) is 0 Å². The average molecular weight is 343 g/mol. The molecule has 0 bridgehead atoms. The number of pyridine rings is 1. The highest BCUT2D eigenvalue weighted by atomic mass is 32.2. The Hall–Kier alpha value is -2.05. The van der Waals surface area contributed by atoms with Gasteiger partial charge in [0.1, 0.15) is 11.6 Å². The Morgan fingerprint density at radius 3 is 2.79 bits per heavy atom. The molecule has 0 saturated heterocycles. The van der Waals surface area contributed by atoms with E-state index < -0.39 is 0 Å². The monoisotopic (exact) mass is 343 g/mol. The summed E-state index contributed by atoms with van der Waals surface area (Å²) in [6.07, 6.45) is 5.76. The number of hydrogen-bond donors (Lipinski definition) is 0. The lowest BCUT2D eigenvalue weighted by molar-refractivity contribution is 0.184. The van der Waals surface area contributed by atoms with E-state index in [-0.39, 0.29) is 0 Å². The lowest BCUT2D eigenvalue weighted by atomic mass is 10.3. The summed E-state index contributed by atoms with van der Waals surface area (Å²) in [5.74, 6) is 1.64. The summed E-state index contributed by atoms with van der Waals surface area (Å²) in [5, 5.41) is 0.918. The topological polar surface area (TPSA) is 49.2 Å². The summed E-state index contributed by atoms with van der Waals surface area (Å²) in [6, 6.07) is 11.9. The van der Waals surface area contributed by atoms with E-state index in [1.165, 1.54) is 0 Å². The third-order valence-corrected chi connectivity index (χ3v) is 4.31. The third kappa shape index (κ3) is 3.71. The van der Waals surface area contributed by atoms with E-state index in [4.69, 9.17) is 9.47 Å². The number of rotatable bonds is 8. The molecular weight excluding hydrogens is 322 g/mol. The van der Waals surface area contributed by atoms with Gasteiger partial charge in [0.25, 0.3) is 0 Å². The Labute approximate surface area is 146 Å². The molecule has 6 heteroatoms. The van der Waals surface area contributed by atoms with Gasteiger partial charge in [0, 0.05) is 26.0 Å². The SMILES string of the molecule is COCCCCOc1ccnc(-n2c(SC)nc3ccccc32)c1. The second-order valence-electron chi connectivity index (χ2n) is 5.32. The van der Waals surface area contributed by atoms with Gasteiger partial charge in [0.15, 0.2) is 5.16 Å². The largest absolute Gasteiger partial charge is 0.493 e. The van der Waals surface area contributed by atoms with Crippen molar-refractivity contribution in [2.24, 2.45) is 0 Å². The van der Waals surface area contributed by atoms with Crippen LogP contribution in [0, 0.1) is 0 Å². The fourth-order valence-corrected chi connectivity index (χ4v) is 3.08. The van der Waals surface area contributed by atoms with Crippen LogP contribution in [-0.2, 0) is 4.74 Å². The molecule has 3 rings (SSSR count). The van der Waals surface area contributed by atoms with Crippen LogP contribution in [-0.4, -0.2) is 41.1 Å². The average Bonchev–Trinajstić information content (AvgIpc) is 3.00. The summed E-state index contributed by atoms with van der Waals surface area (Å²) < 4.78 is 13.0. The minimum absolute atomic E-state index is 0.673. The van der Waals surface area contributed by atoms with Crippen LogP contribution in [0.3, 0.4) is 0 Å². The molecule has 1 aromatic carbocycles. The van der Waals surface area contributed by atoms with E-state index in [1.807, 2.05) is 36.6 Å². The van der Waals surface area contributed by atoms with Crippen LogP contribution in [0.4, 0.5) is 0 Å². The lowest BCUT2D eigenvalue weighted by Gasteiger charge is -2.10. The number of aromatic nitrogens is 3. The Morgan fingerprint density at radius 2 is 1.96 bits per heavy atom. The first-order chi connectivity index (χ1) is 11.8. The van der Waals surface area contributed by atoms with E-state index in [1.54, 1.807) is 25.1 Å². The minimum atomic E-state index is 0.673. The van der Waals surface area contributed by atoms with Crippen molar-refractivity contribution in [1.29, 1.82) is 0 Å². The molecule has 0 spiro atoms. The van der Waals surface area contributed by atoms with Crippen molar-refractivity contribution in [1.82, 2.24) is 14.5 Å². The normalized spacial score (nSPS) is 11.1. The number of unbranched alkanes of at least 4 members (excludes halogenated alkanes) is 1. The van der Waals surface area contributed by atoms with Gasteiger partial charge in [-0.05, 0) is 37.3 Å². The summed E-state index contributed by atoms with van der Waals surface area (Å²) in [7, 11) is 1.72. The third-order valence-electron chi connectivity index (χ3n) is 3.67. The lowest BCUT2D eigenvalue weighted by Crippen LogP contribution is -2.02. The molecule has 0 amide bonds. The first kappa shape index (κ1) is 16.8. The Morgan fingerprint density at radius 1 is 1.12 bits per heavy atom. The molecule has 0 unspecified atom stereocenters. The number of fused-ring (bicyclic) bond motifs is 1. The van der Waals surface area contributed by atoms with Crippen LogP contribution in [0.15, 0.2) is 47.8 Å². The van der Waals surface area contributed by atoms with Crippen LogP contribution in [0.5, 0.6) is 5.75 Å². The van der Waals surface area contributed by atoms with Gasteiger partial charge in [-0.25, -0.2) is 9.97 Å². The second-order valence-corrected chi connectivity index (χ2v) is 6.09. The highest BCUT2D eigenvalue weighted by molar-refractivity contribution is 7.98. The van der Waals surface area contributed by atoms with E-state index in [9.17, 15) is 0 Å². The fraction of sp³-hybridized carbons (Fsp3) is 0.333. The standard InChI is InChI=1S/C18H21N3O2S/c1-22-11-5-6-12-23-14-9-10-19-17(13-14)21-16-8-4-3-7-15(16)20-18(21)24-2/h3-4,7-10,13H,5-6,11-12H2,1-2H3.